The Balaban J connectivity index is 1.34. The average molecular weight is 647 g/mol. The van der Waals surface area contributed by atoms with Crippen molar-refractivity contribution in [1.82, 2.24) is 4.90 Å². The Morgan fingerprint density at radius 3 is 2.26 bits per heavy atom. The topological polar surface area (TPSA) is 99.5 Å². The maximum atomic E-state index is 14.0. The molecule has 0 spiro atoms. The van der Waals surface area contributed by atoms with Gasteiger partial charge in [-0.3, -0.25) is 9.59 Å². The highest BCUT2D eigenvalue weighted by molar-refractivity contribution is 6.30. The normalized spacial score (nSPS) is 24.0. The number of fused-ring (bicyclic) bond motifs is 3. The van der Waals surface area contributed by atoms with Crippen molar-refractivity contribution in [3.63, 3.8) is 0 Å². The van der Waals surface area contributed by atoms with E-state index in [2.05, 4.69) is 0 Å². The van der Waals surface area contributed by atoms with E-state index in [1.165, 1.54) is 0 Å². The van der Waals surface area contributed by atoms with Crippen molar-refractivity contribution in [1.29, 1.82) is 0 Å². The molecule has 9 heteroatoms. The minimum absolute atomic E-state index is 0.0252. The first-order valence-corrected chi connectivity index (χ1v) is 16.6. The molecule has 0 aromatic heterocycles. The number of benzene rings is 3. The zero-order valence-electron chi connectivity index (χ0n) is 26.9. The number of hydrogen-bond donors (Lipinski definition) is 2. The van der Waals surface area contributed by atoms with Gasteiger partial charge in [0.15, 0.2) is 11.5 Å². The smallest absolute Gasteiger partial charge is 0.248 e. The second-order valence-electron chi connectivity index (χ2n) is 13.3. The lowest BCUT2D eigenvalue weighted by molar-refractivity contribution is -0.150. The SMILES string of the molecule is COc1cc2c(cc1OC(C)C)C(c1ccc(Cl)cc1)N(c1ccc([C@@](C)(O)C3CC4CCCC(C3)N4C(=O)CO)cc1)C(=O)C2. The van der Waals surface area contributed by atoms with Gasteiger partial charge >= 0.3 is 0 Å². The number of aliphatic hydroxyl groups excluding tert-OH is 1. The molecule has 3 aromatic carbocycles. The molecule has 2 amide bonds. The highest BCUT2D eigenvalue weighted by Crippen LogP contribution is 2.47. The minimum atomic E-state index is -1.13. The number of methoxy groups -OCH3 is 1. The Labute approximate surface area is 275 Å². The van der Waals surface area contributed by atoms with Gasteiger partial charge in [0.1, 0.15) is 6.61 Å². The number of piperidine rings is 2. The van der Waals surface area contributed by atoms with Crippen LogP contribution < -0.4 is 14.4 Å². The standard InChI is InChI=1S/C37H43ClN2O6/c1-22(2)46-33-20-31-24(16-32(33)45-4)17-34(42)40(36(31)23-8-12-27(38)13-9-23)28-14-10-25(11-15-28)37(3,44)26-18-29-6-5-7-30(19-26)39(29)35(43)21-41/h8-16,20,22,26,29-30,36,41,44H,5-7,17-19,21H2,1-4H3/t26?,29?,30?,36?,37-/m1/s1. The maximum Gasteiger partial charge on any atom is 0.248 e. The summed E-state index contributed by atoms with van der Waals surface area (Å²) < 4.78 is 11.8. The second kappa shape index (κ2) is 12.9. The summed E-state index contributed by atoms with van der Waals surface area (Å²) in [4.78, 5) is 30.1. The monoisotopic (exact) mass is 646 g/mol. The van der Waals surface area contributed by atoms with E-state index in [1.807, 2.05) is 91.2 Å². The maximum absolute atomic E-state index is 14.0. The van der Waals surface area contributed by atoms with Crippen LogP contribution in [0.2, 0.25) is 5.02 Å². The molecule has 2 bridgehead atoms. The number of anilines is 1. The fourth-order valence-electron chi connectivity index (χ4n) is 7.85. The molecular formula is C37H43ClN2O6. The predicted octanol–water partition coefficient (Wildman–Crippen LogP) is 6.17. The zero-order valence-corrected chi connectivity index (χ0v) is 27.7. The van der Waals surface area contributed by atoms with Gasteiger partial charge in [0.05, 0.1) is 31.3 Å². The lowest BCUT2D eigenvalue weighted by atomic mass is 9.69. The average Bonchev–Trinajstić information content (AvgIpc) is 3.03. The number of ether oxygens (including phenoxy) is 2. The molecule has 3 aliphatic heterocycles. The van der Waals surface area contributed by atoms with Gasteiger partial charge in [-0.15, -0.1) is 0 Å². The minimum Gasteiger partial charge on any atom is -0.493 e. The third kappa shape index (κ3) is 5.98. The van der Waals surface area contributed by atoms with Gasteiger partial charge in [-0.1, -0.05) is 35.9 Å². The predicted molar refractivity (Wildman–Crippen MR) is 177 cm³/mol. The van der Waals surface area contributed by atoms with Crippen molar-refractivity contribution in [3.05, 3.63) is 87.9 Å². The van der Waals surface area contributed by atoms with Crippen molar-refractivity contribution in [2.75, 3.05) is 18.6 Å². The van der Waals surface area contributed by atoms with Crippen molar-refractivity contribution in [2.24, 2.45) is 5.92 Å². The quantitative estimate of drug-likeness (QED) is 0.304. The van der Waals surface area contributed by atoms with Gasteiger partial charge in [-0.2, -0.15) is 0 Å². The Hall–Kier alpha value is -3.59. The highest BCUT2D eigenvalue weighted by Gasteiger charge is 2.46. The molecule has 2 saturated heterocycles. The summed E-state index contributed by atoms with van der Waals surface area (Å²) >= 11 is 6.27. The molecular weight excluding hydrogens is 604 g/mol. The number of hydrogen-bond acceptors (Lipinski definition) is 6. The number of halogens is 1. The van der Waals surface area contributed by atoms with Gasteiger partial charge in [-0.05, 0) is 117 Å². The number of carbonyl (C=O) groups excluding carboxylic acids is 2. The first kappa shape index (κ1) is 32.4. The Morgan fingerprint density at radius 2 is 1.67 bits per heavy atom. The number of aliphatic hydroxyl groups is 2. The molecule has 3 unspecified atom stereocenters. The van der Waals surface area contributed by atoms with E-state index in [0.29, 0.717) is 29.4 Å². The van der Waals surface area contributed by atoms with E-state index >= 15 is 0 Å². The first-order valence-electron chi connectivity index (χ1n) is 16.2. The molecule has 3 aliphatic rings. The van der Waals surface area contributed by atoms with Crippen LogP contribution in [-0.4, -0.2) is 58.8 Å². The van der Waals surface area contributed by atoms with E-state index < -0.39 is 18.2 Å². The Bertz CT molecular complexity index is 1570. The summed E-state index contributed by atoms with van der Waals surface area (Å²) in [6, 6.07) is 18.7. The number of nitrogens with zero attached hydrogens (tertiary/aromatic N) is 2. The van der Waals surface area contributed by atoms with Crippen molar-refractivity contribution in [2.45, 2.75) is 89.1 Å². The third-order valence-corrected chi connectivity index (χ3v) is 10.3. The molecule has 8 nitrogen and oxygen atoms in total. The van der Waals surface area contributed by atoms with Crippen LogP contribution in [-0.2, 0) is 21.6 Å². The molecule has 46 heavy (non-hydrogen) atoms. The second-order valence-corrected chi connectivity index (χ2v) is 13.8. The van der Waals surface area contributed by atoms with Gasteiger partial charge in [0, 0.05) is 22.8 Å². The van der Waals surface area contributed by atoms with Crippen LogP contribution in [0.25, 0.3) is 0 Å². The van der Waals surface area contributed by atoms with Gasteiger partial charge in [-0.25, -0.2) is 0 Å². The van der Waals surface area contributed by atoms with Gasteiger partial charge in [0.2, 0.25) is 11.8 Å². The molecule has 3 heterocycles. The molecule has 0 radical (unpaired) electrons. The van der Waals surface area contributed by atoms with Crippen molar-refractivity contribution < 1.29 is 29.3 Å². The van der Waals surface area contributed by atoms with Crippen molar-refractivity contribution in [3.8, 4) is 11.5 Å². The van der Waals surface area contributed by atoms with E-state index in [0.717, 1.165) is 47.2 Å². The molecule has 2 N–H and O–H groups in total. The van der Waals surface area contributed by atoms with Crippen LogP contribution in [0.1, 0.15) is 81.2 Å². The number of carbonyl (C=O) groups is 2. The lowest BCUT2D eigenvalue weighted by Gasteiger charge is -2.51. The summed E-state index contributed by atoms with van der Waals surface area (Å²) in [6.45, 7) is 5.30. The summed E-state index contributed by atoms with van der Waals surface area (Å²) in [6.07, 6.45) is 4.31. The first-order chi connectivity index (χ1) is 22.0. The largest absolute Gasteiger partial charge is 0.493 e. The molecule has 3 aromatic rings. The van der Waals surface area contributed by atoms with Crippen LogP contribution >= 0.6 is 11.6 Å². The molecule has 0 saturated carbocycles. The van der Waals surface area contributed by atoms with E-state index in [1.54, 1.807) is 7.11 Å². The fourth-order valence-corrected chi connectivity index (χ4v) is 7.98. The Morgan fingerprint density at radius 1 is 1.02 bits per heavy atom. The molecule has 2 fully saturated rings. The van der Waals surface area contributed by atoms with Crippen LogP contribution in [0.4, 0.5) is 5.69 Å². The van der Waals surface area contributed by atoms with E-state index in [9.17, 15) is 19.8 Å². The van der Waals surface area contributed by atoms with Crippen LogP contribution in [0, 0.1) is 5.92 Å². The highest BCUT2D eigenvalue weighted by atomic mass is 35.5. The van der Waals surface area contributed by atoms with Gasteiger partial charge < -0.3 is 29.5 Å². The number of rotatable bonds is 8. The van der Waals surface area contributed by atoms with Crippen LogP contribution in [0.15, 0.2) is 60.7 Å². The number of amides is 2. The van der Waals surface area contributed by atoms with Crippen LogP contribution in [0.3, 0.4) is 0 Å². The van der Waals surface area contributed by atoms with Crippen molar-refractivity contribution >= 4 is 29.1 Å². The Kier molecular flexibility index (Phi) is 9.07. The zero-order chi connectivity index (χ0) is 32.7. The summed E-state index contributed by atoms with van der Waals surface area (Å²) in [5, 5.41) is 22.1. The lowest BCUT2D eigenvalue weighted by Crippen LogP contribution is -2.57. The summed E-state index contributed by atoms with van der Waals surface area (Å²) in [5.41, 5.74) is 3.10. The van der Waals surface area contributed by atoms with Gasteiger partial charge in [0.25, 0.3) is 0 Å². The molecule has 0 aliphatic carbocycles. The molecule has 6 rings (SSSR count). The molecule has 244 valence electrons. The summed E-state index contributed by atoms with van der Waals surface area (Å²) in [5.74, 6) is 0.885. The van der Waals surface area contributed by atoms with E-state index in [4.69, 9.17) is 21.1 Å². The fraction of sp³-hybridized carbons (Fsp3) is 0.459. The summed E-state index contributed by atoms with van der Waals surface area (Å²) in [7, 11) is 1.60. The third-order valence-electron chi connectivity index (χ3n) is 10.1. The van der Waals surface area contributed by atoms with Crippen LogP contribution in [0.5, 0.6) is 11.5 Å². The molecule has 4 atom stereocenters. The van der Waals surface area contributed by atoms with E-state index in [-0.39, 0.29) is 42.3 Å².